The summed E-state index contributed by atoms with van der Waals surface area (Å²) in [7, 11) is 0. The number of aliphatic hydroxyl groups excluding tert-OH is 1. The Labute approximate surface area is 247 Å². The van der Waals surface area contributed by atoms with Gasteiger partial charge in [0.15, 0.2) is 0 Å². The Balaban J connectivity index is 1.67. The zero-order valence-electron chi connectivity index (χ0n) is 26.1. The molecule has 40 heavy (non-hydrogen) atoms. The summed E-state index contributed by atoms with van der Waals surface area (Å²) >= 11 is 6.25. The Bertz CT molecular complexity index is 1060. The third-order valence-corrected chi connectivity index (χ3v) is 10.1. The lowest BCUT2D eigenvalue weighted by molar-refractivity contribution is -0.147. The van der Waals surface area contributed by atoms with Gasteiger partial charge in [-0.2, -0.15) is 0 Å². The fraction of sp³-hybridized carbons (Fsp3) is 0.758. The van der Waals surface area contributed by atoms with Gasteiger partial charge in [0, 0.05) is 41.7 Å². The highest BCUT2D eigenvalue weighted by Crippen LogP contribution is 2.43. The van der Waals surface area contributed by atoms with Crippen LogP contribution in [-0.4, -0.2) is 81.5 Å². The van der Waals surface area contributed by atoms with E-state index >= 15 is 0 Å². The van der Waals surface area contributed by atoms with Gasteiger partial charge in [-0.05, 0) is 82.4 Å². The molecule has 0 unspecified atom stereocenters. The number of rotatable bonds is 5. The van der Waals surface area contributed by atoms with Crippen LogP contribution in [0.5, 0.6) is 0 Å². The fourth-order valence-electron chi connectivity index (χ4n) is 7.15. The highest BCUT2D eigenvalue weighted by molar-refractivity contribution is 6.30. The molecule has 0 radical (unpaired) electrons. The number of amides is 2. The van der Waals surface area contributed by atoms with Gasteiger partial charge in [0.05, 0.1) is 24.1 Å². The molecule has 2 aliphatic heterocycles. The summed E-state index contributed by atoms with van der Waals surface area (Å²) in [6, 6.07) is 7.50. The van der Waals surface area contributed by atoms with Crippen LogP contribution in [0.3, 0.4) is 0 Å². The minimum absolute atomic E-state index is 0.0658. The molecule has 3 atom stereocenters. The molecule has 0 spiro atoms. The third kappa shape index (κ3) is 6.24. The van der Waals surface area contributed by atoms with Crippen LogP contribution >= 0.6 is 11.6 Å². The van der Waals surface area contributed by atoms with E-state index in [1.807, 2.05) is 49.9 Å². The minimum Gasteiger partial charge on any atom is -0.394 e. The van der Waals surface area contributed by atoms with Crippen molar-refractivity contribution in [2.75, 3.05) is 26.2 Å². The number of benzene rings is 1. The molecule has 3 aliphatic rings. The lowest BCUT2D eigenvalue weighted by Gasteiger charge is -2.45. The quantitative estimate of drug-likeness (QED) is 0.477. The molecule has 1 N–H and O–H groups in total. The van der Waals surface area contributed by atoms with E-state index in [1.54, 1.807) is 0 Å². The SMILES string of the molecule is CC1(C)CCC(N(C(=O)C(C)(C)C)[C@H]2C[C@@H](CO)N(C(=O)[C@]3(c4ccc(Cl)cc4)CCN(C(C)(C)C)C3)C2)CC1. The average Bonchev–Trinajstić information content (AvgIpc) is 3.50. The Morgan fingerprint density at radius 1 is 1.00 bits per heavy atom. The predicted molar refractivity (Wildman–Crippen MR) is 162 cm³/mol. The topological polar surface area (TPSA) is 64.1 Å². The predicted octanol–water partition coefficient (Wildman–Crippen LogP) is 5.89. The fourth-order valence-corrected chi connectivity index (χ4v) is 7.28. The molecule has 2 amide bonds. The monoisotopic (exact) mass is 573 g/mol. The van der Waals surface area contributed by atoms with Crippen LogP contribution in [0.25, 0.3) is 0 Å². The lowest BCUT2D eigenvalue weighted by Crippen LogP contribution is -2.55. The van der Waals surface area contributed by atoms with E-state index in [4.69, 9.17) is 11.6 Å². The molecule has 0 bridgehead atoms. The molecule has 2 heterocycles. The lowest BCUT2D eigenvalue weighted by atomic mass is 9.74. The second-order valence-electron chi connectivity index (χ2n) is 15.5. The van der Waals surface area contributed by atoms with Crippen LogP contribution in [0.2, 0.25) is 5.02 Å². The molecule has 3 fully saturated rings. The van der Waals surface area contributed by atoms with Gasteiger partial charge in [-0.15, -0.1) is 0 Å². The number of nitrogens with zero attached hydrogens (tertiary/aromatic N) is 3. The van der Waals surface area contributed by atoms with Crippen LogP contribution in [0.15, 0.2) is 24.3 Å². The van der Waals surface area contributed by atoms with Crippen molar-refractivity contribution in [3.63, 3.8) is 0 Å². The number of likely N-dealkylation sites (tertiary alicyclic amines) is 2. The Kier molecular flexibility index (Phi) is 8.78. The highest BCUT2D eigenvalue weighted by atomic mass is 35.5. The summed E-state index contributed by atoms with van der Waals surface area (Å²) in [6.45, 7) is 19.0. The maximum Gasteiger partial charge on any atom is 0.234 e. The first-order chi connectivity index (χ1) is 18.5. The van der Waals surface area contributed by atoms with Crippen molar-refractivity contribution < 1.29 is 14.7 Å². The van der Waals surface area contributed by atoms with Crippen molar-refractivity contribution in [2.45, 2.75) is 123 Å². The van der Waals surface area contributed by atoms with Crippen molar-refractivity contribution >= 4 is 23.4 Å². The van der Waals surface area contributed by atoms with Crippen molar-refractivity contribution in [3.05, 3.63) is 34.9 Å². The Hall–Kier alpha value is -1.63. The maximum atomic E-state index is 14.7. The second-order valence-corrected chi connectivity index (χ2v) is 15.9. The molecule has 1 aliphatic carbocycles. The van der Waals surface area contributed by atoms with Gasteiger partial charge in [-0.1, -0.05) is 58.4 Å². The van der Waals surface area contributed by atoms with Gasteiger partial charge in [-0.3, -0.25) is 14.5 Å². The van der Waals surface area contributed by atoms with Crippen molar-refractivity contribution in [1.29, 1.82) is 0 Å². The first-order valence-corrected chi connectivity index (χ1v) is 15.6. The second kappa shape index (κ2) is 11.2. The van der Waals surface area contributed by atoms with E-state index in [-0.39, 0.29) is 42.1 Å². The smallest absolute Gasteiger partial charge is 0.234 e. The first-order valence-electron chi connectivity index (χ1n) is 15.2. The normalized spacial score (nSPS) is 28.2. The summed E-state index contributed by atoms with van der Waals surface area (Å²) in [6.07, 6.45) is 5.48. The molecule has 0 aromatic heterocycles. The van der Waals surface area contributed by atoms with E-state index in [0.29, 0.717) is 36.4 Å². The minimum atomic E-state index is -0.714. The highest BCUT2D eigenvalue weighted by Gasteiger charge is 2.53. The van der Waals surface area contributed by atoms with E-state index in [2.05, 4.69) is 44.4 Å². The molecule has 2 saturated heterocycles. The third-order valence-electron chi connectivity index (χ3n) is 9.86. The molecule has 1 saturated carbocycles. The van der Waals surface area contributed by atoms with Crippen molar-refractivity contribution in [1.82, 2.24) is 14.7 Å². The molecule has 7 heteroatoms. The molecule has 6 nitrogen and oxygen atoms in total. The Morgan fingerprint density at radius 3 is 2.10 bits per heavy atom. The number of hydrogen-bond acceptors (Lipinski definition) is 4. The van der Waals surface area contributed by atoms with Gasteiger partial charge in [0.25, 0.3) is 0 Å². The summed E-state index contributed by atoms with van der Waals surface area (Å²) in [4.78, 5) is 35.1. The summed E-state index contributed by atoms with van der Waals surface area (Å²) in [5, 5.41) is 11.2. The summed E-state index contributed by atoms with van der Waals surface area (Å²) in [5.41, 5.74) is -0.0184. The van der Waals surface area contributed by atoms with Crippen LogP contribution in [-0.2, 0) is 15.0 Å². The first kappa shape index (κ1) is 31.3. The molecule has 224 valence electrons. The number of carbonyl (C=O) groups is 2. The van der Waals surface area contributed by atoms with Crippen molar-refractivity contribution in [2.24, 2.45) is 10.8 Å². The van der Waals surface area contributed by atoms with E-state index in [0.717, 1.165) is 37.8 Å². The number of halogens is 1. The summed E-state index contributed by atoms with van der Waals surface area (Å²) in [5.74, 6) is 0.219. The molecule has 4 rings (SSSR count). The molecule has 1 aromatic rings. The van der Waals surface area contributed by atoms with Gasteiger partial charge >= 0.3 is 0 Å². The standard InChI is InChI=1S/C33H52ClN3O3/c1-30(2,3)28(39)37(25-13-15-32(7,8)16-14-25)26-19-27(21-38)36(20-26)29(40)33(23-9-11-24(34)12-10-23)17-18-35(22-33)31(4,5)6/h9-12,25-27,38H,13-22H2,1-8H3/t26-,27-,33+/m0/s1. The zero-order chi connectivity index (χ0) is 29.7. The van der Waals surface area contributed by atoms with E-state index in [9.17, 15) is 14.7 Å². The zero-order valence-corrected chi connectivity index (χ0v) is 26.9. The average molecular weight is 574 g/mol. The van der Waals surface area contributed by atoms with Gasteiger partial charge in [0.1, 0.15) is 0 Å². The molecule has 1 aromatic carbocycles. The van der Waals surface area contributed by atoms with Crippen LogP contribution in [0, 0.1) is 10.8 Å². The molecular formula is C33H52ClN3O3. The number of carbonyl (C=O) groups excluding carboxylic acids is 2. The van der Waals surface area contributed by atoms with Crippen LogP contribution < -0.4 is 0 Å². The largest absolute Gasteiger partial charge is 0.394 e. The maximum absolute atomic E-state index is 14.7. The van der Waals surface area contributed by atoms with Crippen molar-refractivity contribution in [3.8, 4) is 0 Å². The van der Waals surface area contributed by atoms with Crippen LogP contribution in [0.4, 0.5) is 0 Å². The number of aliphatic hydroxyl groups is 1. The van der Waals surface area contributed by atoms with Gasteiger partial charge in [0.2, 0.25) is 11.8 Å². The van der Waals surface area contributed by atoms with Crippen LogP contribution in [0.1, 0.15) is 99.5 Å². The van der Waals surface area contributed by atoms with E-state index < -0.39 is 10.8 Å². The van der Waals surface area contributed by atoms with Gasteiger partial charge < -0.3 is 14.9 Å². The Morgan fingerprint density at radius 2 is 1.60 bits per heavy atom. The number of hydrogen-bond donors (Lipinski definition) is 1. The van der Waals surface area contributed by atoms with Gasteiger partial charge in [-0.25, -0.2) is 0 Å². The summed E-state index contributed by atoms with van der Waals surface area (Å²) < 4.78 is 0. The van der Waals surface area contributed by atoms with E-state index in [1.165, 1.54) is 0 Å². The molecular weight excluding hydrogens is 522 g/mol.